The summed E-state index contributed by atoms with van der Waals surface area (Å²) in [7, 11) is 1.60. The van der Waals surface area contributed by atoms with Gasteiger partial charge in [-0.2, -0.15) is 0 Å². The fourth-order valence-corrected chi connectivity index (χ4v) is 3.90. The Bertz CT molecular complexity index is 953. The van der Waals surface area contributed by atoms with Crippen molar-refractivity contribution in [2.45, 2.75) is 25.8 Å². The first-order chi connectivity index (χ1) is 15.4. The molecule has 170 valence electrons. The Morgan fingerprint density at radius 3 is 2.47 bits per heavy atom. The summed E-state index contributed by atoms with van der Waals surface area (Å²) in [6.07, 6.45) is 0.565. The zero-order valence-corrected chi connectivity index (χ0v) is 18.9. The summed E-state index contributed by atoms with van der Waals surface area (Å²) in [4.78, 5) is 29.1. The van der Waals surface area contributed by atoms with E-state index in [1.54, 1.807) is 36.3 Å². The third kappa shape index (κ3) is 5.60. The highest BCUT2D eigenvalue weighted by Gasteiger charge is 2.43. The van der Waals surface area contributed by atoms with Gasteiger partial charge in [0.2, 0.25) is 5.91 Å². The maximum atomic E-state index is 13.4. The van der Waals surface area contributed by atoms with Crippen molar-refractivity contribution in [1.29, 1.82) is 0 Å². The zero-order valence-electron chi connectivity index (χ0n) is 18.0. The summed E-state index contributed by atoms with van der Waals surface area (Å²) in [5.74, 6) is -0.329. The normalized spacial score (nSPS) is 15.9. The molecular formula is C23H26FN3O4S. The van der Waals surface area contributed by atoms with Crippen molar-refractivity contribution in [2.24, 2.45) is 0 Å². The second kappa shape index (κ2) is 11.0. The van der Waals surface area contributed by atoms with Gasteiger partial charge in [0.15, 0.2) is 5.11 Å². The van der Waals surface area contributed by atoms with Gasteiger partial charge in [-0.1, -0.05) is 0 Å². The molecule has 1 aliphatic heterocycles. The Balaban J connectivity index is 1.74. The van der Waals surface area contributed by atoms with Crippen LogP contribution in [0, 0.1) is 5.82 Å². The van der Waals surface area contributed by atoms with Crippen LogP contribution in [0.15, 0.2) is 48.5 Å². The number of benzene rings is 2. The molecule has 7 nitrogen and oxygen atoms in total. The van der Waals surface area contributed by atoms with Crippen molar-refractivity contribution in [3.8, 4) is 5.75 Å². The molecule has 1 aliphatic rings. The molecule has 9 heteroatoms. The summed E-state index contributed by atoms with van der Waals surface area (Å²) in [5, 5.41) is 3.10. The van der Waals surface area contributed by atoms with Gasteiger partial charge in [0, 0.05) is 25.9 Å². The molecule has 0 spiro atoms. The summed E-state index contributed by atoms with van der Waals surface area (Å²) in [6.45, 7) is 3.40. The molecule has 1 N–H and O–H groups in total. The first kappa shape index (κ1) is 23.6. The van der Waals surface area contributed by atoms with Crippen molar-refractivity contribution < 1.29 is 23.5 Å². The van der Waals surface area contributed by atoms with E-state index < -0.39 is 11.9 Å². The molecule has 0 saturated carbocycles. The maximum Gasteiger partial charge on any atom is 0.256 e. The van der Waals surface area contributed by atoms with E-state index in [0.717, 1.165) is 0 Å². The van der Waals surface area contributed by atoms with E-state index in [1.165, 1.54) is 29.2 Å². The van der Waals surface area contributed by atoms with Crippen LogP contribution in [0.1, 0.15) is 19.8 Å². The number of hydrogen-bond acceptors (Lipinski definition) is 5. The first-order valence-electron chi connectivity index (χ1n) is 10.4. The fraction of sp³-hybridized carbons (Fsp3) is 0.348. The average molecular weight is 460 g/mol. The third-order valence-electron chi connectivity index (χ3n) is 4.98. The molecule has 0 radical (unpaired) electrons. The van der Waals surface area contributed by atoms with Crippen LogP contribution in [0.25, 0.3) is 0 Å². The van der Waals surface area contributed by atoms with Crippen LogP contribution in [0.5, 0.6) is 5.75 Å². The Hall–Kier alpha value is -3.04. The lowest BCUT2D eigenvalue weighted by Crippen LogP contribution is -2.38. The minimum absolute atomic E-state index is 0.0726. The molecule has 32 heavy (non-hydrogen) atoms. The highest BCUT2D eigenvalue weighted by Crippen LogP contribution is 2.28. The van der Waals surface area contributed by atoms with Gasteiger partial charge in [0.25, 0.3) is 5.91 Å². The summed E-state index contributed by atoms with van der Waals surface area (Å²) in [6, 6.07) is 11.8. The van der Waals surface area contributed by atoms with Crippen molar-refractivity contribution in [3.63, 3.8) is 0 Å². The zero-order chi connectivity index (χ0) is 23.1. The fourth-order valence-electron chi connectivity index (χ4n) is 3.48. The monoisotopic (exact) mass is 459 g/mol. The lowest BCUT2D eigenvalue weighted by atomic mass is 10.1. The average Bonchev–Trinajstić information content (AvgIpc) is 3.00. The van der Waals surface area contributed by atoms with Gasteiger partial charge < -0.3 is 19.7 Å². The number of ether oxygens (including phenoxy) is 2. The highest BCUT2D eigenvalue weighted by atomic mass is 32.1. The summed E-state index contributed by atoms with van der Waals surface area (Å²) < 4.78 is 23.9. The molecule has 0 unspecified atom stereocenters. The van der Waals surface area contributed by atoms with Crippen LogP contribution < -0.4 is 15.0 Å². The number of nitrogens with one attached hydrogen (secondary N) is 1. The van der Waals surface area contributed by atoms with E-state index in [2.05, 4.69) is 5.32 Å². The topological polar surface area (TPSA) is 71.1 Å². The van der Waals surface area contributed by atoms with Gasteiger partial charge >= 0.3 is 0 Å². The Morgan fingerprint density at radius 2 is 1.84 bits per heavy atom. The number of anilines is 2. The molecule has 1 heterocycles. The van der Waals surface area contributed by atoms with E-state index in [0.29, 0.717) is 43.3 Å². The van der Waals surface area contributed by atoms with Crippen LogP contribution in [0.3, 0.4) is 0 Å². The highest BCUT2D eigenvalue weighted by molar-refractivity contribution is 7.80. The minimum Gasteiger partial charge on any atom is -0.494 e. The number of nitrogens with zero attached hydrogens (tertiary/aromatic N) is 2. The molecule has 1 atom stereocenters. The third-order valence-corrected chi connectivity index (χ3v) is 5.40. The molecule has 2 aromatic carbocycles. The number of hydrogen-bond donors (Lipinski definition) is 1. The number of thiocarbonyl (C=S) groups is 1. The quantitative estimate of drug-likeness (QED) is 0.433. The molecular weight excluding hydrogens is 433 g/mol. The van der Waals surface area contributed by atoms with E-state index in [4.69, 9.17) is 21.7 Å². The van der Waals surface area contributed by atoms with Gasteiger partial charge in [-0.25, -0.2) is 4.39 Å². The standard InChI is InChI=1S/C23H26FN3O4S/c1-3-31-19-11-7-17(8-12-19)25-21(28)15-20-22(29)27(18-9-5-16(24)6-10-18)23(32)26(20)13-4-14-30-2/h5-12,20H,3-4,13-15H2,1-2H3,(H,25,28)/t20-/m0/s1. The van der Waals surface area contributed by atoms with Crippen LogP contribution >= 0.6 is 12.2 Å². The molecule has 1 fully saturated rings. The second-order valence-corrected chi connectivity index (χ2v) is 7.56. The van der Waals surface area contributed by atoms with E-state index in [1.807, 2.05) is 6.92 Å². The van der Waals surface area contributed by atoms with Gasteiger partial charge in [0.1, 0.15) is 17.6 Å². The van der Waals surface area contributed by atoms with Gasteiger partial charge in [-0.3, -0.25) is 14.5 Å². The smallest absolute Gasteiger partial charge is 0.256 e. The molecule has 1 saturated heterocycles. The van der Waals surface area contributed by atoms with Crippen LogP contribution in [-0.4, -0.2) is 54.7 Å². The Labute approximate surface area is 192 Å². The number of methoxy groups -OCH3 is 1. The first-order valence-corrected chi connectivity index (χ1v) is 10.8. The predicted molar refractivity (Wildman–Crippen MR) is 124 cm³/mol. The number of carbonyl (C=O) groups excluding carboxylic acids is 2. The Morgan fingerprint density at radius 1 is 1.16 bits per heavy atom. The van der Waals surface area contributed by atoms with E-state index in [-0.39, 0.29) is 23.3 Å². The lowest BCUT2D eigenvalue weighted by Gasteiger charge is -2.23. The second-order valence-electron chi connectivity index (χ2n) is 7.20. The van der Waals surface area contributed by atoms with Crippen molar-refractivity contribution in [2.75, 3.05) is 37.1 Å². The van der Waals surface area contributed by atoms with E-state index >= 15 is 0 Å². The number of amides is 2. The molecule has 0 aromatic heterocycles. The van der Waals surface area contributed by atoms with Crippen molar-refractivity contribution >= 4 is 40.5 Å². The Kier molecular flexibility index (Phi) is 8.13. The lowest BCUT2D eigenvalue weighted by molar-refractivity contribution is -0.124. The van der Waals surface area contributed by atoms with Crippen LogP contribution in [0.4, 0.5) is 15.8 Å². The summed E-state index contributed by atoms with van der Waals surface area (Å²) in [5.41, 5.74) is 1.07. The number of rotatable bonds is 10. The minimum atomic E-state index is -0.757. The molecule has 0 aliphatic carbocycles. The van der Waals surface area contributed by atoms with Crippen LogP contribution in [0.2, 0.25) is 0 Å². The largest absolute Gasteiger partial charge is 0.494 e. The maximum absolute atomic E-state index is 13.4. The van der Waals surface area contributed by atoms with Gasteiger partial charge in [-0.15, -0.1) is 0 Å². The number of carbonyl (C=O) groups is 2. The number of halogens is 1. The molecule has 0 bridgehead atoms. The molecule has 2 amide bonds. The van der Waals surface area contributed by atoms with Crippen molar-refractivity contribution in [3.05, 3.63) is 54.3 Å². The predicted octanol–water partition coefficient (Wildman–Crippen LogP) is 3.59. The SMILES string of the molecule is CCOc1ccc(NC(=O)C[C@H]2C(=O)N(c3ccc(F)cc3)C(=S)N2CCCOC)cc1. The molecule has 3 rings (SSSR count). The van der Waals surface area contributed by atoms with Crippen molar-refractivity contribution in [1.82, 2.24) is 4.90 Å². The molecule has 2 aromatic rings. The van der Waals surface area contributed by atoms with Gasteiger partial charge in [0.05, 0.1) is 18.7 Å². The van der Waals surface area contributed by atoms with E-state index in [9.17, 15) is 14.0 Å². The summed E-state index contributed by atoms with van der Waals surface area (Å²) >= 11 is 5.55. The van der Waals surface area contributed by atoms with Crippen LogP contribution in [-0.2, 0) is 14.3 Å². The van der Waals surface area contributed by atoms with Gasteiger partial charge in [-0.05, 0) is 74.1 Å².